The van der Waals surface area contributed by atoms with E-state index in [9.17, 15) is 9.18 Å². The molecule has 0 heterocycles. The highest BCUT2D eigenvalue weighted by atomic mass is 32.2. The summed E-state index contributed by atoms with van der Waals surface area (Å²) in [5.41, 5.74) is 5.08. The first-order valence-electron chi connectivity index (χ1n) is 10.8. The smallest absolute Gasteiger partial charge is 0.341 e. The number of rotatable bonds is 9. The van der Waals surface area contributed by atoms with Crippen LogP contribution < -0.4 is 4.74 Å². The van der Waals surface area contributed by atoms with Crippen molar-refractivity contribution in [3.05, 3.63) is 126 Å². The zero-order chi connectivity index (χ0) is 23.8. The number of hydrogen-bond donors (Lipinski definition) is 1. The van der Waals surface area contributed by atoms with Crippen molar-refractivity contribution in [2.24, 2.45) is 0 Å². The van der Waals surface area contributed by atoms with Crippen LogP contribution in [0.4, 0.5) is 4.39 Å². The van der Waals surface area contributed by atoms with Gasteiger partial charge in [0.05, 0.1) is 0 Å². The molecule has 0 spiro atoms. The van der Waals surface area contributed by atoms with Crippen molar-refractivity contribution >= 4 is 23.3 Å². The van der Waals surface area contributed by atoms with Crippen LogP contribution in [0.15, 0.2) is 114 Å². The molecule has 0 saturated heterocycles. The molecule has 0 unspecified atom stereocenters. The number of carboxylic acid groups (broad SMARTS) is 1. The Bertz CT molecular complexity index is 1270. The predicted octanol–water partition coefficient (Wildman–Crippen LogP) is 7.18. The quantitative estimate of drug-likeness (QED) is 0.263. The maximum atomic E-state index is 14.0. The highest BCUT2D eigenvalue weighted by molar-refractivity contribution is 7.99. The van der Waals surface area contributed by atoms with E-state index in [1.54, 1.807) is 36.0 Å². The van der Waals surface area contributed by atoms with E-state index in [1.807, 2.05) is 36.4 Å². The Labute approximate surface area is 202 Å². The summed E-state index contributed by atoms with van der Waals surface area (Å²) in [7, 11) is 0. The lowest BCUT2D eigenvalue weighted by molar-refractivity contribution is -0.139. The first-order chi connectivity index (χ1) is 16.6. The van der Waals surface area contributed by atoms with Crippen LogP contribution in [0.25, 0.3) is 16.7 Å². The van der Waals surface area contributed by atoms with E-state index < -0.39 is 5.97 Å². The van der Waals surface area contributed by atoms with Gasteiger partial charge in [-0.3, -0.25) is 0 Å². The van der Waals surface area contributed by atoms with Crippen molar-refractivity contribution in [1.82, 2.24) is 0 Å². The molecule has 3 nitrogen and oxygen atoms in total. The van der Waals surface area contributed by atoms with Gasteiger partial charge in [0.15, 0.2) is 6.61 Å². The molecule has 0 aliphatic carbocycles. The lowest BCUT2D eigenvalue weighted by Crippen LogP contribution is -2.09. The molecule has 4 rings (SSSR count). The van der Waals surface area contributed by atoms with Gasteiger partial charge in [-0.1, -0.05) is 72.8 Å². The Balaban J connectivity index is 1.53. The van der Waals surface area contributed by atoms with E-state index in [-0.39, 0.29) is 12.4 Å². The maximum Gasteiger partial charge on any atom is 0.341 e. The summed E-state index contributed by atoms with van der Waals surface area (Å²) in [5.74, 6) is -0.0813. The lowest BCUT2D eigenvalue weighted by atomic mass is 9.95. The Morgan fingerprint density at radius 1 is 0.824 bits per heavy atom. The summed E-state index contributed by atoms with van der Waals surface area (Å²) < 4.78 is 19.2. The highest BCUT2D eigenvalue weighted by Crippen LogP contribution is 2.29. The topological polar surface area (TPSA) is 46.5 Å². The van der Waals surface area contributed by atoms with Gasteiger partial charge < -0.3 is 9.84 Å². The van der Waals surface area contributed by atoms with Crippen molar-refractivity contribution in [2.45, 2.75) is 4.90 Å². The van der Waals surface area contributed by atoms with Crippen LogP contribution in [0.1, 0.15) is 11.1 Å². The minimum absolute atomic E-state index is 0.270. The molecule has 0 atom stereocenters. The molecule has 4 aromatic carbocycles. The number of halogens is 1. The van der Waals surface area contributed by atoms with Gasteiger partial charge in [0.2, 0.25) is 0 Å². The molecule has 170 valence electrons. The van der Waals surface area contributed by atoms with Gasteiger partial charge in [-0.2, -0.15) is 0 Å². The third-order valence-corrected chi connectivity index (χ3v) is 6.10. The van der Waals surface area contributed by atoms with Crippen molar-refractivity contribution < 1.29 is 19.0 Å². The molecule has 0 fully saturated rings. The number of carbonyl (C=O) groups is 1. The zero-order valence-electron chi connectivity index (χ0n) is 18.4. The largest absolute Gasteiger partial charge is 0.482 e. The van der Waals surface area contributed by atoms with Gasteiger partial charge in [-0.15, -0.1) is 11.8 Å². The standard InChI is InChI=1S/C29H23FO3S/c30-25-8-4-7-24(19-25)28(23-11-9-22(10-12-23)21-5-2-1-3-6-21)17-18-34-27-15-13-26(14-16-27)33-20-29(31)32/h1-17,19H,18,20H2,(H,31,32)/b28-17-. The minimum Gasteiger partial charge on any atom is -0.482 e. The van der Waals surface area contributed by atoms with Crippen LogP contribution in [-0.2, 0) is 4.79 Å². The summed E-state index contributed by atoms with van der Waals surface area (Å²) in [6.07, 6.45) is 2.10. The number of hydrogen-bond acceptors (Lipinski definition) is 3. The van der Waals surface area contributed by atoms with Crippen LogP contribution in [0.5, 0.6) is 5.75 Å². The second-order valence-electron chi connectivity index (χ2n) is 7.54. The number of benzene rings is 4. The van der Waals surface area contributed by atoms with E-state index in [0.717, 1.165) is 32.7 Å². The van der Waals surface area contributed by atoms with Crippen LogP contribution in [0.2, 0.25) is 0 Å². The second-order valence-corrected chi connectivity index (χ2v) is 8.63. The Morgan fingerprint density at radius 3 is 2.21 bits per heavy atom. The Hall–Kier alpha value is -3.83. The average molecular weight is 471 g/mol. The fourth-order valence-electron chi connectivity index (χ4n) is 3.53. The molecular formula is C29H23FO3S. The maximum absolute atomic E-state index is 14.0. The minimum atomic E-state index is -1.01. The second kappa shape index (κ2) is 11.3. The molecule has 0 amide bonds. The monoisotopic (exact) mass is 470 g/mol. The molecule has 0 aliphatic heterocycles. The number of aliphatic carboxylic acids is 1. The summed E-state index contributed by atoms with van der Waals surface area (Å²) in [4.78, 5) is 11.7. The summed E-state index contributed by atoms with van der Waals surface area (Å²) in [5, 5.41) is 8.72. The molecule has 5 heteroatoms. The van der Waals surface area contributed by atoms with Crippen LogP contribution in [0.3, 0.4) is 0 Å². The number of ether oxygens (including phenoxy) is 1. The van der Waals surface area contributed by atoms with Crippen molar-refractivity contribution in [3.63, 3.8) is 0 Å². The van der Waals surface area contributed by atoms with Crippen molar-refractivity contribution in [1.29, 1.82) is 0 Å². The molecule has 34 heavy (non-hydrogen) atoms. The van der Waals surface area contributed by atoms with E-state index in [1.165, 1.54) is 6.07 Å². The van der Waals surface area contributed by atoms with Gasteiger partial charge in [0, 0.05) is 10.6 Å². The van der Waals surface area contributed by atoms with Crippen LogP contribution >= 0.6 is 11.8 Å². The zero-order valence-corrected chi connectivity index (χ0v) is 19.2. The van der Waals surface area contributed by atoms with E-state index in [4.69, 9.17) is 9.84 Å². The van der Waals surface area contributed by atoms with Crippen LogP contribution in [-0.4, -0.2) is 23.4 Å². The molecule has 0 aromatic heterocycles. The molecule has 0 aliphatic rings. The van der Waals surface area contributed by atoms with Gasteiger partial charge in [0.25, 0.3) is 0 Å². The van der Waals surface area contributed by atoms with E-state index in [2.05, 4.69) is 42.5 Å². The van der Waals surface area contributed by atoms with Gasteiger partial charge >= 0.3 is 5.97 Å². The normalized spacial score (nSPS) is 11.3. The van der Waals surface area contributed by atoms with E-state index in [0.29, 0.717) is 11.5 Å². The number of carboxylic acids is 1. The highest BCUT2D eigenvalue weighted by Gasteiger charge is 2.08. The van der Waals surface area contributed by atoms with Crippen molar-refractivity contribution in [2.75, 3.05) is 12.4 Å². The molecular weight excluding hydrogens is 447 g/mol. The predicted molar refractivity (Wildman–Crippen MR) is 136 cm³/mol. The van der Waals surface area contributed by atoms with E-state index >= 15 is 0 Å². The van der Waals surface area contributed by atoms with Crippen LogP contribution in [0, 0.1) is 5.82 Å². The molecule has 0 radical (unpaired) electrons. The molecule has 0 bridgehead atoms. The summed E-state index contributed by atoms with van der Waals surface area (Å²) in [6, 6.07) is 32.4. The van der Waals surface area contributed by atoms with Gasteiger partial charge in [-0.05, 0) is 64.2 Å². The molecule has 4 aromatic rings. The van der Waals surface area contributed by atoms with Gasteiger partial charge in [0.1, 0.15) is 11.6 Å². The fourth-order valence-corrected chi connectivity index (χ4v) is 4.30. The number of thioether (sulfide) groups is 1. The Morgan fingerprint density at radius 2 is 1.53 bits per heavy atom. The fraction of sp³-hybridized carbons (Fsp3) is 0.0690. The first-order valence-corrected chi connectivity index (χ1v) is 11.8. The summed E-state index contributed by atoms with van der Waals surface area (Å²) >= 11 is 1.63. The third kappa shape index (κ3) is 6.36. The summed E-state index contributed by atoms with van der Waals surface area (Å²) in [6.45, 7) is -0.366. The lowest BCUT2D eigenvalue weighted by Gasteiger charge is -2.11. The SMILES string of the molecule is O=C(O)COc1ccc(SC/C=C(/c2ccc(-c3ccccc3)cc2)c2cccc(F)c2)cc1. The third-order valence-electron chi connectivity index (χ3n) is 5.16. The molecule has 1 N–H and O–H groups in total. The molecule has 0 saturated carbocycles. The average Bonchev–Trinajstić information content (AvgIpc) is 2.87. The van der Waals surface area contributed by atoms with Gasteiger partial charge in [-0.25, -0.2) is 9.18 Å². The Kier molecular flexibility index (Phi) is 7.79. The first kappa shape index (κ1) is 23.3. The van der Waals surface area contributed by atoms with Crippen molar-refractivity contribution in [3.8, 4) is 16.9 Å².